The highest BCUT2D eigenvalue weighted by Crippen LogP contribution is 2.16. The van der Waals surface area contributed by atoms with E-state index in [0.29, 0.717) is 0 Å². The molecule has 1 atom stereocenters. The highest BCUT2D eigenvalue weighted by molar-refractivity contribution is 6.30. The minimum Gasteiger partial charge on any atom is -0.306 e. The molecule has 0 saturated heterocycles. The van der Waals surface area contributed by atoms with Crippen molar-refractivity contribution in [3.8, 4) is 0 Å². The van der Waals surface area contributed by atoms with Gasteiger partial charge in [0.25, 0.3) is 0 Å². The Hall–Kier alpha value is -1.58. The first-order valence-electron chi connectivity index (χ1n) is 5.83. The maximum atomic E-state index is 5.87. The fourth-order valence-corrected chi connectivity index (χ4v) is 1.83. The lowest BCUT2D eigenvalue weighted by atomic mass is 10.1. The Morgan fingerprint density at radius 1 is 1.44 bits per heavy atom. The Bertz CT molecular complexity index is 516. The molecule has 0 saturated carbocycles. The van der Waals surface area contributed by atoms with Gasteiger partial charge in [-0.15, -0.1) is 0 Å². The molecule has 3 nitrogen and oxygen atoms in total. The predicted molar refractivity (Wildman–Crippen MR) is 75.3 cm³/mol. The van der Waals surface area contributed by atoms with E-state index in [1.54, 1.807) is 10.9 Å². The van der Waals surface area contributed by atoms with Gasteiger partial charge in [-0.3, -0.25) is 0 Å². The quantitative estimate of drug-likeness (QED) is 0.893. The van der Waals surface area contributed by atoms with Crippen LogP contribution in [0.1, 0.15) is 24.1 Å². The van der Waals surface area contributed by atoms with E-state index in [0.717, 1.165) is 17.1 Å². The average molecular weight is 262 g/mol. The molecule has 0 aliphatic rings. The largest absolute Gasteiger partial charge is 0.306 e. The van der Waals surface area contributed by atoms with Gasteiger partial charge in [0.1, 0.15) is 0 Å². The average Bonchev–Trinajstić information content (AvgIpc) is 2.85. The van der Waals surface area contributed by atoms with Gasteiger partial charge >= 0.3 is 0 Å². The van der Waals surface area contributed by atoms with E-state index in [9.17, 15) is 0 Å². The first-order chi connectivity index (χ1) is 8.69. The molecule has 1 aromatic heterocycles. The van der Waals surface area contributed by atoms with Crippen LogP contribution in [-0.4, -0.2) is 9.78 Å². The Kier molecular flexibility index (Phi) is 4.18. The number of aromatic nitrogens is 2. The summed E-state index contributed by atoms with van der Waals surface area (Å²) in [4.78, 5) is 0. The van der Waals surface area contributed by atoms with Gasteiger partial charge in [-0.2, -0.15) is 5.10 Å². The second-order valence-electron chi connectivity index (χ2n) is 4.17. The highest BCUT2D eigenvalue weighted by atomic mass is 35.5. The first kappa shape index (κ1) is 12.9. The highest BCUT2D eigenvalue weighted by Gasteiger charge is 2.05. The Balaban J connectivity index is 1.93. The van der Waals surface area contributed by atoms with Gasteiger partial charge in [-0.05, 0) is 24.6 Å². The van der Waals surface area contributed by atoms with Gasteiger partial charge in [0.2, 0.25) is 0 Å². The molecule has 0 bridgehead atoms. The third-order valence-corrected chi connectivity index (χ3v) is 3.08. The van der Waals surface area contributed by atoms with Crippen LogP contribution in [0.15, 0.2) is 43.2 Å². The molecule has 2 rings (SSSR count). The van der Waals surface area contributed by atoms with E-state index in [4.69, 9.17) is 11.6 Å². The van der Waals surface area contributed by atoms with Gasteiger partial charge in [0.15, 0.2) is 0 Å². The molecule has 18 heavy (non-hydrogen) atoms. The SMILES string of the molecule is C=Cn1cc(CN[C@@H](C)c2ccc(Cl)cc2)cn1. The summed E-state index contributed by atoms with van der Waals surface area (Å²) in [6, 6.07) is 8.16. The molecule has 0 aliphatic carbocycles. The summed E-state index contributed by atoms with van der Waals surface area (Å²) in [5.74, 6) is 0. The summed E-state index contributed by atoms with van der Waals surface area (Å²) in [6.45, 7) is 6.56. The van der Waals surface area contributed by atoms with E-state index in [1.807, 2.05) is 36.7 Å². The molecule has 94 valence electrons. The smallest absolute Gasteiger partial charge is 0.0538 e. The monoisotopic (exact) mass is 261 g/mol. The standard InChI is InChI=1S/C14H16ClN3/c1-3-18-10-12(9-17-18)8-16-11(2)13-4-6-14(15)7-5-13/h3-7,9-11,16H,1,8H2,2H3/t11-/m0/s1. The molecule has 0 aliphatic heterocycles. The summed E-state index contributed by atoms with van der Waals surface area (Å²) < 4.78 is 1.70. The number of rotatable bonds is 5. The molecule has 0 spiro atoms. The van der Waals surface area contributed by atoms with Gasteiger partial charge in [-0.25, -0.2) is 4.68 Å². The van der Waals surface area contributed by atoms with Crippen LogP contribution >= 0.6 is 11.6 Å². The number of nitrogens with zero attached hydrogens (tertiary/aromatic N) is 2. The molecule has 0 radical (unpaired) electrons. The maximum Gasteiger partial charge on any atom is 0.0538 e. The third kappa shape index (κ3) is 3.22. The number of benzene rings is 1. The zero-order valence-electron chi connectivity index (χ0n) is 10.3. The van der Waals surface area contributed by atoms with E-state index in [-0.39, 0.29) is 6.04 Å². The summed E-state index contributed by atoms with van der Waals surface area (Å²) in [6.07, 6.45) is 5.46. The zero-order chi connectivity index (χ0) is 13.0. The van der Waals surface area contributed by atoms with Gasteiger partial charge in [0.05, 0.1) is 6.20 Å². The van der Waals surface area contributed by atoms with Crippen LogP contribution in [0.3, 0.4) is 0 Å². The molecular weight excluding hydrogens is 246 g/mol. The van der Waals surface area contributed by atoms with Crippen LogP contribution < -0.4 is 5.32 Å². The van der Waals surface area contributed by atoms with Crippen molar-refractivity contribution in [1.82, 2.24) is 15.1 Å². The molecule has 1 heterocycles. The second-order valence-corrected chi connectivity index (χ2v) is 4.60. The van der Waals surface area contributed by atoms with E-state index < -0.39 is 0 Å². The lowest BCUT2D eigenvalue weighted by Gasteiger charge is -2.13. The summed E-state index contributed by atoms with van der Waals surface area (Å²) in [5.41, 5.74) is 2.35. The number of hydrogen-bond acceptors (Lipinski definition) is 2. The van der Waals surface area contributed by atoms with Crippen LogP contribution in [0.5, 0.6) is 0 Å². The Morgan fingerprint density at radius 3 is 2.78 bits per heavy atom. The summed E-state index contributed by atoms with van der Waals surface area (Å²) in [5, 5.41) is 8.34. The van der Waals surface area contributed by atoms with Crippen LogP contribution in [-0.2, 0) is 6.54 Å². The van der Waals surface area contributed by atoms with Crippen molar-refractivity contribution in [3.63, 3.8) is 0 Å². The fourth-order valence-electron chi connectivity index (χ4n) is 1.71. The topological polar surface area (TPSA) is 29.9 Å². The van der Waals surface area contributed by atoms with Crippen molar-refractivity contribution >= 4 is 17.8 Å². The molecule has 0 amide bonds. The molecule has 1 aromatic carbocycles. The van der Waals surface area contributed by atoms with Crippen molar-refractivity contribution in [3.05, 3.63) is 59.4 Å². The Labute approximate surface area is 112 Å². The fraction of sp³-hybridized carbons (Fsp3) is 0.214. The van der Waals surface area contributed by atoms with Crippen LogP contribution in [0.2, 0.25) is 5.02 Å². The lowest BCUT2D eigenvalue weighted by molar-refractivity contribution is 0.575. The number of halogens is 1. The van der Waals surface area contributed by atoms with Crippen LogP contribution in [0.25, 0.3) is 6.20 Å². The minimum absolute atomic E-state index is 0.273. The minimum atomic E-state index is 0.273. The van der Waals surface area contributed by atoms with Crippen molar-refractivity contribution in [1.29, 1.82) is 0 Å². The van der Waals surface area contributed by atoms with Crippen molar-refractivity contribution in [2.75, 3.05) is 0 Å². The van der Waals surface area contributed by atoms with E-state index >= 15 is 0 Å². The molecular formula is C14H16ClN3. The molecule has 1 N–H and O–H groups in total. The van der Waals surface area contributed by atoms with Crippen molar-refractivity contribution in [2.24, 2.45) is 0 Å². The van der Waals surface area contributed by atoms with Gasteiger partial charge < -0.3 is 5.32 Å². The predicted octanol–water partition coefficient (Wildman–Crippen LogP) is 3.49. The zero-order valence-corrected chi connectivity index (χ0v) is 11.1. The molecule has 2 aromatic rings. The van der Waals surface area contributed by atoms with Crippen molar-refractivity contribution < 1.29 is 0 Å². The van der Waals surface area contributed by atoms with E-state index in [1.165, 1.54) is 5.56 Å². The lowest BCUT2D eigenvalue weighted by Crippen LogP contribution is -2.17. The normalized spacial score (nSPS) is 12.3. The maximum absolute atomic E-state index is 5.87. The van der Waals surface area contributed by atoms with E-state index in [2.05, 4.69) is 23.9 Å². The third-order valence-electron chi connectivity index (χ3n) is 2.82. The molecule has 0 unspecified atom stereocenters. The number of hydrogen-bond donors (Lipinski definition) is 1. The van der Waals surface area contributed by atoms with Crippen LogP contribution in [0.4, 0.5) is 0 Å². The van der Waals surface area contributed by atoms with Crippen molar-refractivity contribution in [2.45, 2.75) is 19.5 Å². The Morgan fingerprint density at radius 2 is 2.17 bits per heavy atom. The number of nitrogens with one attached hydrogen (secondary N) is 1. The van der Waals surface area contributed by atoms with Gasteiger partial charge in [0, 0.05) is 35.6 Å². The second kappa shape index (κ2) is 5.85. The van der Waals surface area contributed by atoms with Crippen LogP contribution in [0, 0.1) is 0 Å². The van der Waals surface area contributed by atoms with Gasteiger partial charge in [-0.1, -0.05) is 30.3 Å². The molecule has 0 fully saturated rings. The summed E-state index contributed by atoms with van der Waals surface area (Å²) >= 11 is 5.87. The first-order valence-corrected chi connectivity index (χ1v) is 6.21. The summed E-state index contributed by atoms with van der Waals surface area (Å²) in [7, 11) is 0. The molecule has 4 heteroatoms.